The van der Waals surface area contributed by atoms with Crippen molar-refractivity contribution in [1.82, 2.24) is 4.98 Å². The normalized spacial score (nSPS) is 12.7. The quantitative estimate of drug-likeness (QED) is 0.648. The summed E-state index contributed by atoms with van der Waals surface area (Å²) >= 11 is 0. The first-order valence-corrected chi connectivity index (χ1v) is 6.67. The monoisotopic (exact) mass is 261 g/mol. The number of rotatable bonds is 3. The SMILES string of the molecule is [2H]C([2H])(C)c1cc(-c2ccccc2)ncc1-c1ccccc1. The molecule has 0 unspecified atom stereocenters. The molecule has 0 bridgehead atoms. The van der Waals surface area contributed by atoms with Crippen molar-refractivity contribution in [1.29, 1.82) is 0 Å². The molecule has 0 aliphatic rings. The lowest BCUT2D eigenvalue weighted by Crippen LogP contribution is -1.92. The molecular weight excluding hydrogens is 242 g/mol. The summed E-state index contributed by atoms with van der Waals surface area (Å²) in [6.07, 6.45) is 0.339. The van der Waals surface area contributed by atoms with E-state index >= 15 is 0 Å². The molecule has 0 fully saturated rings. The van der Waals surface area contributed by atoms with Crippen molar-refractivity contribution in [2.75, 3.05) is 0 Å². The van der Waals surface area contributed by atoms with Crippen molar-refractivity contribution in [3.63, 3.8) is 0 Å². The van der Waals surface area contributed by atoms with Crippen LogP contribution in [0.3, 0.4) is 0 Å². The van der Waals surface area contributed by atoms with Crippen molar-refractivity contribution in [2.45, 2.75) is 13.3 Å². The zero-order valence-electron chi connectivity index (χ0n) is 13.4. The van der Waals surface area contributed by atoms with Gasteiger partial charge in [0.25, 0.3) is 0 Å². The van der Waals surface area contributed by atoms with Crippen LogP contribution in [-0.4, -0.2) is 4.98 Å². The third kappa shape index (κ3) is 2.48. The molecule has 0 amide bonds. The lowest BCUT2D eigenvalue weighted by molar-refractivity contribution is 1.12. The number of aryl methyl sites for hydroxylation is 1. The standard InChI is InChI=1S/C19H17N/c1-2-15-13-19(17-11-7-4-8-12-17)20-14-18(15)16-9-5-3-6-10-16/h3-14H,2H2,1H3/i2D2. The lowest BCUT2D eigenvalue weighted by atomic mass is 9.98. The first-order valence-electron chi connectivity index (χ1n) is 7.67. The molecule has 0 aliphatic carbocycles. The first kappa shape index (κ1) is 10.4. The molecule has 98 valence electrons. The Morgan fingerprint density at radius 1 is 0.900 bits per heavy atom. The van der Waals surface area contributed by atoms with Crippen LogP contribution in [0.1, 0.15) is 15.2 Å². The molecule has 0 radical (unpaired) electrons. The van der Waals surface area contributed by atoms with E-state index in [4.69, 9.17) is 2.74 Å². The molecule has 2 aromatic carbocycles. The van der Waals surface area contributed by atoms with Crippen molar-refractivity contribution in [2.24, 2.45) is 0 Å². The number of hydrogen-bond acceptors (Lipinski definition) is 1. The topological polar surface area (TPSA) is 12.9 Å². The number of hydrogen-bond donors (Lipinski definition) is 0. The average Bonchev–Trinajstić information content (AvgIpc) is 2.55. The van der Waals surface area contributed by atoms with E-state index in [-0.39, 0.29) is 0 Å². The number of benzene rings is 2. The van der Waals surface area contributed by atoms with Crippen LogP contribution in [0.15, 0.2) is 72.9 Å². The van der Waals surface area contributed by atoms with Gasteiger partial charge < -0.3 is 0 Å². The third-order valence-electron chi connectivity index (χ3n) is 3.33. The molecule has 0 N–H and O–H groups in total. The van der Waals surface area contributed by atoms with E-state index in [0.717, 1.165) is 22.4 Å². The van der Waals surface area contributed by atoms with E-state index in [1.807, 2.05) is 66.7 Å². The van der Waals surface area contributed by atoms with Crippen molar-refractivity contribution < 1.29 is 2.74 Å². The van der Waals surface area contributed by atoms with Crippen LogP contribution in [0.5, 0.6) is 0 Å². The Kier molecular flexibility index (Phi) is 2.96. The van der Waals surface area contributed by atoms with E-state index < -0.39 is 6.37 Å². The number of aromatic nitrogens is 1. The molecule has 0 saturated heterocycles. The summed E-state index contributed by atoms with van der Waals surface area (Å²) in [5, 5.41) is 0. The van der Waals surface area contributed by atoms with E-state index in [2.05, 4.69) is 4.98 Å². The Hall–Kier alpha value is -2.41. The maximum Gasteiger partial charge on any atom is 0.0705 e. The van der Waals surface area contributed by atoms with Crippen LogP contribution in [0.2, 0.25) is 0 Å². The van der Waals surface area contributed by atoms with Gasteiger partial charge in [0.2, 0.25) is 0 Å². The fourth-order valence-electron chi connectivity index (χ4n) is 2.28. The predicted molar refractivity (Wildman–Crippen MR) is 84.5 cm³/mol. The van der Waals surface area contributed by atoms with Gasteiger partial charge in [0.15, 0.2) is 0 Å². The van der Waals surface area contributed by atoms with Crippen molar-refractivity contribution in [3.05, 3.63) is 78.5 Å². The largest absolute Gasteiger partial charge is 0.256 e. The van der Waals surface area contributed by atoms with Crippen molar-refractivity contribution in [3.8, 4) is 22.4 Å². The molecule has 1 heterocycles. The number of pyridine rings is 1. The zero-order valence-corrected chi connectivity index (χ0v) is 11.4. The van der Waals surface area contributed by atoms with Crippen molar-refractivity contribution >= 4 is 0 Å². The maximum atomic E-state index is 8.16. The van der Waals surface area contributed by atoms with E-state index in [1.54, 1.807) is 13.1 Å². The predicted octanol–water partition coefficient (Wildman–Crippen LogP) is 4.98. The Balaban J connectivity index is 2.17. The smallest absolute Gasteiger partial charge is 0.0705 e. The summed E-state index contributed by atoms with van der Waals surface area (Å²) in [7, 11) is 0. The van der Waals surface area contributed by atoms with Crippen LogP contribution < -0.4 is 0 Å². The highest BCUT2D eigenvalue weighted by atomic mass is 14.7. The highest BCUT2D eigenvalue weighted by Gasteiger charge is 2.07. The average molecular weight is 261 g/mol. The summed E-state index contributed by atoms with van der Waals surface area (Å²) < 4.78 is 16.3. The maximum absolute atomic E-state index is 8.16. The zero-order chi connectivity index (χ0) is 15.6. The van der Waals surface area contributed by atoms with Crippen LogP contribution in [-0.2, 0) is 6.37 Å². The van der Waals surface area contributed by atoms with Gasteiger partial charge in [0.05, 0.1) is 5.69 Å². The Bertz CT molecular complexity index is 762. The summed E-state index contributed by atoms with van der Waals surface area (Å²) in [6.45, 7) is 1.59. The molecule has 3 rings (SSSR count). The minimum atomic E-state index is -1.43. The molecule has 1 heteroatoms. The summed E-state index contributed by atoms with van der Waals surface area (Å²) in [5.74, 6) is 0. The molecular formula is C19H17N. The number of nitrogens with zero attached hydrogens (tertiary/aromatic N) is 1. The Morgan fingerprint density at radius 2 is 1.50 bits per heavy atom. The first-order chi connectivity index (χ1) is 10.6. The minimum absolute atomic E-state index is 0.660. The second-order valence-corrected chi connectivity index (χ2v) is 4.60. The summed E-state index contributed by atoms with van der Waals surface area (Å²) in [6, 6.07) is 21.5. The molecule has 3 aromatic rings. The second kappa shape index (κ2) is 5.70. The van der Waals surface area contributed by atoms with Crippen LogP contribution in [0.25, 0.3) is 22.4 Å². The highest BCUT2D eigenvalue weighted by molar-refractivity contribution is 5.70. The molecule has 0 saturated carbocycles. The Morgan fingerprint density at radius 3 is 2.10 bits per heavy atom. The molecule has 20 heavy (non-hydrogen) atoms. The summed E-state index contributed by atoms with van der Waals surface area (Å²) in [5.41, 5.74) is 4.27. The molecule has 1 nitrogen and oxygen atoms in total. The fraction of sp³-hybridized carbons (Fsp3) is 0.105. The minimum Gasteiger partial charge on any atom is -0.256 e. The van der Waals surface area contributed by atoms with Gasteiger partial charge >= 0.3 is 0 Å². The highest BCUT2D eigenvalue weighted by Crippen LogP contribution is 2.27. The summed E-state index contributed by atoms with van der Waals surface area (Å²) in [4.78, 5) is 4.53. The molecule has 0 aliphatic heterocycles. The second-order valence-electron chi connectivity index (χ2n) is 4.60. The van der Waals surface area contributed by atoms with Gasteiger partial charge in [-0.05, 0) is 23.6 Å². The Labute approximate surface area is 122 Å². The van der Waals surface area contributed by atoms with E-state index in [0.29, 0.717) is 5.56 Å². The van der Waals surface area contributed by atoms with Crippen LogP contribution in [0, 0.1) is 0 Å². The lowest BCUT2D eigenvalue weighted by Gasteiger charge is -2.10. The molecule has 0 spiro atoms. The van der Waals surface area contributed by atoms with Gasteiger partial charge in [-0.15, -0.1) is 0 Å². The molecule has 0 atom stereocenters. The van der Waals surface area contributed by atoms with E-state index in [1.165, 1.54) is 0 Å². The van der Waals surface area contributed by atoms with Crippen LogP contribution in [0.4, 0.5) is 0 Å². The van der Waals surface area contributed by atoms with Gasteiger partial charge in [-0.2, -0.15) is 0 Å². The van der Waals surface area contributed by atoms with Gasteiger partial charge in [-0.1, -0.05) is 67.6 Å². The van der Waals surface area contributed by atoms with Gasteiger partial charge in [-0.3, -0.25) is 4.98 Å². The van der Waals surface area contributed by atoms with E-state index in [9.17, 15) is 0 Å². The van der Waals surface area contributed by atoms with Gasteiger partial charge in [-0.25, -0.2) is 0 Å². The molecule has 1 aromatic heterocycles. The third-order valence-corrected chi connectivity index (χ3v) is 3.33. The van der Waals surface area contributed by atoms with Gasteiger partial charge in [0.1, 0.15) is 0 Å². The fourth-order valence-corrected chi connectivity index (χ4v) is 2.28. The van der Waals surface area contributed by atoms with Crippen LogP contribution >= 0.6 is 0 Å². The van der Waals surface area contributed by atoms with Gasteiger partial charge in [0, 0.05) is 20.1 Å².